The number of carbonyl (C=O) groups excluding carboxylic acids is 1. The molecule has 0 saturated carbocycles. The van der Waals surface area contributed by atoms with E-state index in [0.717, 1.165) is 31.6 Å². The largest absolute Gasteiger partial charge is 0.409 e. The van der Waals surface area contributed by atoms with Gasteiger partial charge in [0.25, 0.3) is 0 Å². The monoisotopic (exact) mass is 291 g/mol. The molecule has 1 fully saturated rings. The molecule has 0 aliphatic carbocycles. The molecule has 1 heterocycles. The van der Waals surface area contributed by atoms with Crippen LogP contribution in [-0.2, 0) is 16.0 Å². The molecule has 1 aromatic rings. The molecule has 114 valence electrons. The molecular formula is C15H21N3O3. The summed E-state index contributed by atoms with van der Waals surface area (Å²) >= 11 is 0. The van der Waals surface area contributed by atoms with Crippen molar-refractivity contribution in [3.63, 3.8) is 0 Å². The van der Waals surface area contributed by atoms with Crippen LogP contribution in [-0.4, -0.2) is 36.7 Å². The minimum Gasteiger partial charge on any atom is -0.409 e. The van der Waals surface area contributed by atoms with Gasteiger partial charge in [-0.2, -0.15) is 0 Å². The van der Waals surface area contributed by atoms with Crippen LogP contribution in [0.1, 0.15) is 24.0 Å². The van der Waals surface area contributed by atoms with E-state index in [1.54, 1.807) is 24.3 Å². The molecule has 1 atom stereocenters. The summed E-state index contributed by atoms with van der Waals surface area (Å²) in [4.78, 5) is 11.9. The number of hydrogen-bond acceptors (Lipinski definition) is 4. The molecule has 0 spiro atoms. The lowest BCUT2D eigenvalue weighted by Crippen LogP contribution is -2.34. The summed E-state index contributed by atoms with van der Waals surface area (Å²) in [7, 11) is 0. The van der Waals surface area contributed by atoms with E-state index in [-0.39, 0.29) is 11.7 Å². The summed E-state index contributed by atoms with van der Waals surface area (Å²) in [5.41, 5.74) is 7.00. The number of carbonyl (C=O) groups is 1. The predicted molar refractivity (Wildman–Crippen MR) is 79.2 cm³/mol. The zero-order valence-electron chi connectivity index (χ0n) is 11.9. The number of hydrogen-bond donors (Lipinski definition) is 3. The van der Waals surface area contributed by atoms with E-state index in [2.05, 4.69) is 10.5 Å². The maximum Gasteiger partial charge on any atom is 0.224 e. The van der Waals surface area contributed by atoms with E-state index in [4.69, 9.17) is 15.7 Å². The second-order valence-electron chi connectivity index (χ2n) is 5.25. The molecule has 2 rings (SSSR count). The van der Waals surface area contributed by atoms with Gasteiger partial charge in [0.2, 0.25) is 5.91 Å². The van der Waals surface area contributed by atoms with Gasteiger partial charge in [-0.05, 0) is 24.3 Å². The maximum atomic E-state index is 11.9. The van der Waals surface area contributed by atoms with E-state index >= 15 is 0 Å². The van der Waals surface area contributed by atoms with Crippen molar-refractivity contribution in [3.05, 3.63) is 35.4 Å². The lowest BCUT2D eigenvalue weighted by atomic mass is 10.0. The molecule has 6 nitrogen and oxygen atoms in total. The Labute approximate surface area is 124 Å². The SMILES string of the molecule is NC(=NO)c1ccc(CC(=O)NCC2CCCOC2)cc1. The van der Waals surface area contributed by atoms with E-state index < -0.39 is 0 Å². The molecule has 0 radical (unpaired) electrons. The van der Waals surface area contributed by atoms with Gasteiger partial charge in [0.05, 0.1) is 13.0 Å². The van der Waals surface area contributed by atoms with E-state index in [0.29, 0.717) is 24.4 Å². The molecule has 1 aliphatic heterocycles. The summed E-state index contributed by atoms with van der Waals surface area (Å²) in [6, 6.07) is 7.06. The molecule has 6 heteroatoms. The number of amidine groups is 1. The van der Waals surface area contributed by atoms with Gasteiger partial charge in [-0.25, -0.2) is 0 Å². The maximum absolute atomic E-state index is 11.9. The fraction of sp³-hybridized carbons (Fsp3) is 0.467. The Bertz CT molecular complexity index is 493. The second kappa shape index (κ2) is 7.64. The molecule has 1 aromatic carbocycles. The number of amides is 1. The Balaban J connectivity index is 1.79. The minimum atomic E-state index is -0.00267. The predicted octanol–water partition coefficient (Wildman–Crippen LogP) is 0.866. The van der Waals surface area contributed by atoms with Gasteiger partial charge in [0.1, 0.15) is 0 Å². The highest BCUT2D eigenvalue weighted by atomic mass is 16.5. The molecule has 1 unspecified atom stereocenters. The Hall–Kier alpha value is -2.08. The van der Waals surface area contributed by atoms with Crippen LogP contribution in [0.4, 0.5) is 0 Å². The first-order chi connectivity index (χ1) is 10.2. The van der Waals surface area contributed by atoms with Gasteiger partial charge in [-0.1, -0.05) is 29.4 Å². The number of oxime groups is 1. The van der Waals surface area contributed by atoms with Crippen LogP contribution in [0.3, 0.4) is 0 Å². The van der Waals surface area contributed by atoms with Gasteiger partial charge in [-0.3, -0.25) is 4.79 Å². The van der Waals surface area contributed by atoms with Crippen LogP contribution in [0.25, 0.3) is 0 Å². The third-order valence-corrected chi connectivity index (χ3v) is 3.56. The van der Waals surface area contributed by atoms with Crippen molar-refractivity contribution in [2.45, 2.75) is 19.3 Å². The second-order valence-corrected chi connectivity index (χ2v) is 5.25. The minimum absolute atomic E-state index is 0.00267. The Morgan fingerprint density at radius 2 is 2.19 bits per heavy atom. The van der Waals surface area contributed by atoms with Crippen LogP contribution < -0.4 is 11.1 Å². The summed E-state index contributed by atoms with van der Waals surface area (Å²) in [6.07, 6.45) is 2.49. The molecule has 21 heavy (non-hydrogen) atoms. The van der Waals surface area contributed by atoms with Gasteiger partial charge in [-0.15, -0.1) is 0 Å². The number of nitrogens with two attached hydrogens (primary N) is 1. The van der Waals surface area contributed by atoms with E-state index in [1.807, 2.05) is 0 Å². The van der Waals surface area contributed by atoms with E-state index in [1.165, 1.54) is 0 Å². The fourth-order valence-corrected chi connectivity index (χ4v) is 2.33. The zero-order valence-corrected chi connectivity index (χ0v) is 11.9. The molecule has 1 saturated heterocycles. The van der Waals surface area contributed by atoms with Crippen LogP contribution in [0.2, 0.25) is 0 Å². The van der Waals surface area contributed by atoms with Gasteiger partial charge in [0.15, 0.2) is 5.84 Å². The fourth-order valence-electron chi connectivity index (χ4n) is 2.33. The molecule has 1 amide bonds. The number of nitrogens with zero attached hydrogens (tertiary/aromatic N) is 1. The first kappa shape index (κ1) is 15.3. The smallest absolute Gasteiger partial charge is 0.224 e. The van der Waals surface area contributed by atoms with Crippen molar-refractivity contribution in [1.82, 2.24) is 5.32 Å². The average molecular weight is 291 g/mol. The number of rotatable bonds is 5. The van der Waals surface area contributed by atoms with Crippen LogP contribution in [0.15, 0.2) is 29.4 Å². The first-order valence-corrected chi connectivity index (χ1v) is 7.10. The number of nitrogens with one attached hydrogen (secondary N) is 1. The van der Waals surface area contributed by atoms with Gasteiger partial charge >= 0.3 is 0 Å². The normalized spacial score (nSPS) is 19.2. The summed E-state index contributed by atoms with van der Waals surface area (Å²) in [5, 5.41) is 14.5. The molecule has 0 bridgehead atoms. The highest BCUT2D eigenvalue weighted by Gasteiger charge is 2.14. The van der Waals surface area contributed by atoms with Crippen LogP contribution in [0.5, 0.6) is 0 Å². The summed E-state index contributed by atoms with van der Waals surface area (Å²) in [5.74, 6) is 0.478. The quantitative estimate of drug-likeness (QED) is 0.324. The molecule has 4 N–H and O–H groups in total. The third-order valence-electron chi connectivity index (χ3n) is 3.56. The zero-order chi connectivity index (χ0) is 15.1. The molecule has 0 aromatic heterocycles. The Morgan fingerprint density at radius 1 is 1.43 bits per heavy atom. The molecule has 1 aliphatic rings. The number of ether oxygens (including phenoxy) is 1. The average Bonchev–Trinajstić information content (AvgIpc) is 2.54. The van der Waals surface area contributed by atoms with Crippen molar-refractivity contribution in [1.29, 1.82) is 0 Å². The lowest BCUT2D eigenvalue weighted by molar-refractivity contribution is -0.120. The number of benzene rings is 1. The standard InChI is InChI=1S/C15H21N3O3/c16-15(18-20)13-5-3-11(4-6-13)8-14(19)17-9-12-2-1-7-21-10-12/h3-6,12,20H,1-2,7-10H2,(H2,16,18)(H,17,19). The lowest BCUT2D eigenvalue weighted by Gasteiger charge is -2.22. The Morgan fingerprint density at radius 3 is 2.81 bits per heavy atom. The van der Waals surface area contributed by atoms with Crippen molar-refractivity contribution in [3.8, 4) is 0 Å². The van der Waals surface area contributed by atoms with Crippen LogP contribution >= 0.6 is 0 Å². The molecular weight excluding hydrogens is 270 g/mol. The highest BCUT2D eigenvalue weighted by Crippen LogP contribution is 2.12. The van der Waals surface area contributed by atoms with Crippen molar-refractivity contribution in [2.24, 2.45) is 16.8 Å². The highest BCUT2D eigenvalue weighted by molar-refractivity contribution is 5.97. The Kier molecular flexibility index (Phi) is 5.57. The van der Waals surface area contributed by atoms with Crippen molar-refractivity contribution >= 4 is 11.7 Å². The summed E-state index contributed by atoms with van der Waals surface area (Å²) < 4.78 is 5.38. The van der Waals surface area contributed by atoms with Crippen molar-refractivity contribution in [2.75, 3.05) is 19.8 Å². The van der Waals surface area contributed by atoms with Crippen LogP contribution in [0, 0.1) is 5.92 Å². The summed E-state index contributed by atoms with van der Waals surface area (Å²) in [6.45, 7) is 2.23. The third kappa shape index (κ3) is 4.75. The van der Waals surface area contributed by atoms with Gasteiger partial charge in [0, 0.05) is 18.7 Å². The first-order valence-electron chi connectivity index (χ1n) is 7.10. The topological polar surface area (TPSA) is 96.9 Å². The van der Waals surface area contributed by atoms with E-state index in [9.17, 15) is 4.79 Å². The van der Waals surface area contributed by atoms with Gasteiger partial charge < -0.3 is 21.0 Å². The van der Waals surface area contributed by atoms with Crippen molar-refractivity contribution < 1.29 is 14.7 Å².